The van der Waals surface area contributed by atoms with Gasteiger partial charge in [-0.25, -0.2) is 12.8 Å². The molecule has 3 N–H and O–H groups in total. The van der Waals surface area contributed by atoms with Gasteiger partial charge in [-0.15, -0.1) is 10.2 Å². The van der Waals surface area contributed by atoms with Crippen LogP contribution in [-0.4, -0.2) is 50.1 Å². The van der Waals surface area contributed by atoms with Gasteiger partial charge in [-0.1, -0.05) is 0 Å². The van der Waals surface area contributed by atoms with Crippen LogP contribution in [0.25, 0.3) is 5.76 Å². The van der Waals surface area contributed by atoms with Crippen LogP contribution in [-0.2, 0) is 9.84 Å². The van der Waals surface area contributed by atoms with Crippen LogP contribution in [0.2, 0.25) is 0 Å². The van der Waals surface area contributed by atoms with E-state index in [4.69, 9.17) is 0 Å². The molecule has 0 bridgehead atoms. The molecular weight excluding hydrogens is 355 g/mol. The maximum absolute atomic E-state index is 12.9. The summed E-state index contributed by atoms with van der Waals surface area (Å²) < 4.78 is 37.7. The van der Waals surface area contributed by atoms with Gasteiger partial charge in [-0.05, 0) is 29.5 Å². The molecule has 0 aliphatic heterocycles. The first-order valence-corrected chi connectivity index (χ1v) is 8.11. The number of aliphatic hydroxyl groups excluding tert-OH is 1. The van der Waals surface area contributed by atoms with E-state index in [0.29, 0.717) is 0 Å². The number of aromatic amines is 2. The van der Waals surface area contributed by atoms with Crippen molar-refractivity contribution in [3.63, 3.8) is 0 Å². The normalized spacial score (nSPS) is 12.3. The monoisotopic (exact) mass is 364 g/mol. The molecule has 0 spiro atoms. The van der Waals surface area contributed by atoms with Crippen LogP contribution in [0.15, 0.2) is 46.3 Å². The van der Waals surface area contributed by atoms with E-state index < -0.39 is 32.2 Å². The summed E-state index contributed by atoms with van der Waals surface area (Å²) in [4.78, 5) is 11.9. The lowest BCUT2D eigenvalue weighted by Crippen LogP contribution is -2.02. The quantitative estimate of drug-likeness (QED) is 0.258. The highest BCUT2D eigenvalue weighted by Crippen LogP contribution is 2.20. The van der Waals surface area contributed by atoms with Gasteiger partial charge in [0.05, 0.1) is 4.90 Å². The van der Waals surface area contributed by atoms with Gasteiger partial charge >= 0.3 is 0 Å². The van der Waals surface area contributed by atoms with Crippen molar-refractivity contribution in [2.45, 2.75) is 9.92 Å². The van der Waals surface area contributed by atoms with Crippen molar-refractivity contribution in [1.29, 1.82) is 0 Å². The fourth-order valence-electron chi connectivity index (χ4n) is 1.84. The number of halogens is 1. The lowest BCUT2D eigenvalue weighted by atomic mass is 10.2. The first kappa shape index (κ1) is 16.4. The average Bonchev–Trinajstić information content (AvgIpc) is 3.27. The molecule has 0 atom stereocenters. The number of tetrazole rings is 1. The Morgan fingerprint density at radius 3 is 2.56 bits per heavy atom. The van der Waals surface area contributed by atoms with Gasteiger partial charge in [0.15, 0.2) is 10.8 Å². The fraction of sp³-hybridized carbons (Fsp3) is 0. The zero-order valence-corrected chi connectivity index (χ0v) is 13.0. The molecule has 0 unspecified atom stereocenters. The number of ketones is 1. The first-order chi connectivity index (χ1) is 11.9. The van der Waals surface area contributed by atoms with Gasteiger partial charge in [-0.3, -0.25) is 9.89 Å². The zero-order chi connectivity index (χ0) is 18.0. The van der Waals surface area contributed by atoms with Crippen molar-refractivity contribution in [3.8, 4) is 0 Å². The molecule has 0 aliphatic carbocycles. The molecule has 128 valence electrons. The topological polar surface area (TPSA) is 155 Å². The molecular formula is C13H9FN6O4S. The minimum absolute atomic E-state index is 0.176. The summed E-state index contributed by atoms with van der Waals surface area (Å²) in [6.45, 7) is 0. The van der Waals surface area contributed by atoms with E-state index >= 15 is 0 Å². The Morgan fingerprint density at radius 1 is 1.20 bits per heavy atom. The number of nitrogens with one attached hydrogen (secondary N) is 2. The van der Waals surface area contributed by atoms with Gasteiger partial charge < -0.3 is 5.11 Å². The highest BCUT2D eigenvalue weighted by atomic mass is 32.2. The molecule has 0 radical (unpaired) electrons. The van der Waals surface area contributed by atoms with E-state index in [9.17, 15) is 22.7 Å². The number of hydrogen-bond acceptors (Lipinski definition) is 8. The summed E-state index contributed by atoms with van der Waals surface area (Å²) >= 11 is 0. The summed E-state index contributed by atoms with van der Waals surface area (Å²) in [5.41, 5.74) is -0.185. The molecule has 1 aromatic carbocycles. The maximum Gasteiger partial charge on any atom is 0.239 e. The number of H-pyrrole nitrogens is 2. The number of carbonyl (C=O) groups is 1. The third-order valence-corrected chi connectivity index (χ3v) is 4.71. The molecule has 3 rings (SSSR count). The smallest absolute Gasteiger partial charge is 0.239 e. The lowest BCUT2D eigenvalue weighted by Gasteiger charge is -1.99. The molecule has 2 aromatic heterocycles. The predicted molar refractivity (Wildman–Crippen MR) is 79.6 cm³/mol. The Hall–Kier alpha value is -3.41. The summed E-state index contributed by atoms with van der Waals surface area (Å²) in [5, 5.41) is 27.4. The Kier molecular flexibility index (Phi) is 4.10. The van der Waals surface area contributed by atoms with E-state index in [2.05, 4.69) is 30.8 Å². The minimum Gasteiger partial charge on any atom is -0.504 e. The number of aliphatic hydroxyl groups is 1. The lowest BCUT2D eigenvalue weighted by molar-refractivity contribution is 0.104. The van der Waals surface area contributed by atoms with Gasteiger partial charge in [0.25, 0.3) is 0 Å². The van der Waals surface area contributed by atoms with E-state index in [0.717, 1.165) is 36.4 Å². The van der Waals surface area contributed by atoms with Crippen molar-refractivity contribution in [2.75, 3.05) is 0 Å². The van der Waals surface area contributed by atoms with Crippen molar-refractivity contribution < 1.29 is 22.7 Å². The number of aromatic nitrogens is 6. The second kappa shape index (κ2) is 6.24. The van der Waals surface area contributed by atoms with Gasteiger partial charge in [0.2, 0.25) is 21.4 Å². The Balaban J connectivity index is 1.88. The number of carbonyl (C=O) groups excluding carboxylic acids is 1. The van der Waals surface area contributed by atoms with Crippen LogP contribution in [0.1, 0.15) is 16.3 Å². The van der Waals surface area contributed by atoms with Gasteiger partial charge in [-0.2, -0.15) is 10.3 Å². The number of benzene rings is 1. The third kappa shape index (κ3) is 3.28. The molecule has 0 amide bonds. The average molecular weight is 364 g/mol. The molecule has 10 nitrogen and oxygen atoms in total. The van der Waals surface area contributed by atoms with Crippen LogP contribution >= 0.6 is 0 Å². The second-order valence-electron chi connectivity index (χ2n) is 4.71. The van der Waals surface area contributed by atoms with Crippen LogP contribution < -0.4 is 0 Å². The maximum atomic E-state index is 12.9. The molecule has 0 saturated heterocycles. The molecule has 12 heteroatoms. The fourth-order valence-corrected chi connectivity index (χ4v) is 3.01. The standard InChI is InChI=1S/C13H9FN6O4S/c14-7-1-3-8(4-2-7)25(23,24)12-5-9(15-16-12)10(21)6-11(22)13-17-19-20-18-13/h1-6,22H,(H,15,16)(H,17,18,19,20). The molecule has 0 fully saturated rings. The number of hydrogen-bond donors (Lipinski definition) is 3. The summed E-state index contributed by atoms with van der Waals surface area (Å²) in [6, 6.07) is 5.17. The van der Waals surface area contributed by atoms with Crippen LogP contribution in [0.4, 0.5) is 4.39 Å². The summed E-state index contributed by atoms with van der Waals surface area (Å²) in [5.74, 6) is -2.10. The SMILES string of the molecule is O=C(C=C(O)c1nn[nH]n1)c1cc(S(=O)(=O)c2ccc(F)cc2)n[nH]1. The third-order valence-electron chi connectivity index (χ3n) is 3.06. The number of nitrogens with zero attached hydrogens (tertiary/aromatic N) is 4. The van der Waals surface area contributed by atoms with E-state index in [-0.39, 0.29) is 16.4 Å². The van der Waals surface area contributed by atoms with E-state index in [1.807, 2.05) is 0 Å². The van der Waals surface area contributed by atoms with Crippen LogP contribution in [0.5, 0.6) is 0 Å². The highest BCUT2D eigenvalue weighted by molar-refractivity contribution is 7.91. The number of sulfone groups is 1. The summed E-state index contributed by atoms with van der Waals surface area (Å²) in [6.07, 6.45) is 0.784. The number of allylic oxidation sites excluding steroid dienone is 1. The largest absolute Gasteiger partial charge is 0.504 e. The number of rotatable bonds is 5. The molecule has 3 aromatic rings. The predicted octanol–water partition coefficient (Wildman–Crippen LogP) is 0.676. The van der Waals surface area contributed by atoms with Crippen molar-refractivity contribution in [2.24, 2.45) is 0 Å². The molecule has 0 aliphatic rings. The molecule has 0 saturated carbocycles. The molecule has 2 heterocycles. The Morgan fingerprint density at radius 2 is 1.92 bits per heavy atom. The van der Waals surface area contributed by atoms with Crippen molar-refractivity contribution in [1.82, 2.24) is 30.8 Å². The van der Waals surface area contributed by atoms with Gasteiger partial charge in [0, 0.05) is 12.1 Å². The first-order valence-electron chi connectivity index (χ1n) is 6.63. The second-order valence-corrected chi connectivity index (χ2v) is 6.60. The molecule has 25 heavy (non-hydrogen) atoms. The van der Waals surface area contributed by atoms with E-state index in [1.54, 1.807) is 0 Å². The van der Waals surface area contributed by atoms with Crippen LogP contribution in [0.3, 0.4) is 0 Å². The van der Waals surface area contributed by atoms with Crippen LogP contribution in [0, 0.1) is 5.82 Å². The highest BCUT2D eigenvalue weighted by Gasteiger charge is 2.23. The van der Waals surface area contributed by atoms with E-state index in [1.165, 1.54) is 0 Å². The summed E-state index contributed by atoms with van der Waals surface area (Å²) in [7, 11) is -4.02. The minimum atomic E-state index is -4.02. The Labute approximate surface area is 139 Å². The van der Waals surface area contributed by atoms with Crippen molar-refractivity contribution in [3.05, 3.63) is 53.7 Å². The van der Waals surface area contributed by atoms with Crippen molar-refractivity contribution >= 4 is 21.4 Å². The zero-order valence-electron chi connectivity index (χ0n) is 12.2. The van der Waals surface area contributed by atoms with Gasteiger partial charge in [0.1, 0.15) is 11.5 Å². The Bertz CT molecular complexity index is 1040.